The second-order valence-electron chi connectivity index (χ2n) is 4.81. The molecule has 3 heteroatoms. The van der Waals surface area contributed by atoms with Gasteiger partial charge in [-0.2, -0.15) is 0 Å². The van der Waals surface area contributed by atoms with Gasteiger partial charge in [-0.15, -0.1) is 0 Å². The summed E-state index contributed by atoms with van der Waals surface area (Å²) in [4.78, 5) is 13.4. The molecule has 0 fully saturated rings. The van der Waals surface area contributed by atoms with Crippen molar-refractivity contribution >= 4 is 5.91 Å². The molecule has 2 atom stereocenters. The van der Waals surface area contributed by atoms with Crippen LogP contribution in [0.4, 0.5) is 0 Å². The Kier molecular flexibility index (Phi) is 2.62. The van der Waals surface area contributed by atoms with Gasteiger partial charge in [0.25, 0.3) is 0 Å². The Morgan fingerprint density at radius 1 is 1.50 bits per heavy atom. The van der Waals surface area contributed by atoms with Crippen LogP contribution in [0.3, 0.4) is 0 Å². The summed E-state index contributed by atoms with van der Waals surface area (Å²) in [7, 11) is 2.07. The number of fused-ring (bicyclic) bond motifs is 1. The summed E-state index contributed by atoms with van der Waals surface area (Å²) in [5.74, 6) is 0.458. The predicted octanol–water partition coefficient (Wildman–Crippen LogP) is 1.44. The van der Waals surface area contributed by atoms with Crippen molar-refractivity contribution in [2.45, 2.75) is 19.9 Å². The van der Waals surface area contributed by atoms with Gasteiger partial charge in [0.05, 0.1) is 6.04 Å². The summed E-state index contributed by atoms with van der Waals surface area (Å²) >= 11 is 0. The maximum atomic E-state index is 11.2. The highest BCUT2D eigenvalue weighted by Crippen LogP contribution is 2.36. The van der Waals surface area contributed by atoms with Gasteiger partial charge in [-0.1, -0.05) is 32.1 Å². The summed E-state index contributed by atoms with van der Waals surface area (Å²) in [6.07, 6.45) is 8.08. The number of hydrogen-bond donors (Lipinski definition) is 1. The predicted molar refractivity (Wildman–Crippen MR) is 64.4 cm³/mol. The van der Waals surface area contributed by atoms with E-state index in [-0.39, 0.29) is 5.91 Å². The van der Waals surface area contributed by atoms with Crippen molar-refractivity contribution in [1.82, 2.24) is 4.90 Å². The normalized spacial score (nSPS) is 27.9. The fraction of sp³-hybridized carbons (Fsp3) is 0.462. The standard InChI is InChI=1S/C13H18N2O/c1-8(2)11-7-15(3)12-5-4-9(13(14)16)6-10(11)12/h4-8,10,12H,1-3H3,(H2,14,16). The average Bonchev–Trinajstić information content (AvgIpc) is 2.56. The lowest BCUT2D eigenvalue weighted by atomic mass is 9.83. The van der Waals surface area contributed by atoms with E-state index in [4.69, 9.17) is 5.73 Å². The van der Waals surface area contributed by atoms with Crippen LogP contribution in [0.2, 0.25) is 0 Å². The zero-order valence-electron chi connectivity index (χ0n) is 9.97. The van der Waals surface area contributed by atoms with E-state index in [1.165, 1.54) is 5.57 Å². The zero-order chi connectivity index (χ0) is 11.9. The van der Waals surface area contributed by atoms with Crippen LogP contribution in [0.25, 0.3) is 0 Å². The van der Waals surface area contributed by atoms with E-state index in [2.05, 4.69) is 38.1 Å². The number of hydrogen-bond acceptors (Lipinski definition) is 2. The van der Waals surface area contributed by atoms with Gasteiger partial charge in [-0.3, -0.25) is 4.79 Å². The molecule has 0 spiro atoms. The summed E-state index contributed by atoms with van der Waals surface area (Å²) in [5.41, 5.74) is 7.31. The largest absolute Gasteiger partial charge is 0.373 e. The minimum absolute atomic E-state index is 0.303. The number of nitrogens with zero attached hydrogens (tertiary/aromatic N) is 1. The number of amides is 1. The number of nitrogens with two attached hydrogens (primary N) is 1. The first kappa shape index (κ1) is 11.0. The van der Waals surface area contributed by atoms with E-state index < -0.39 is 0 Å². The van der Waals surface area contributed by atoms with Crippen LogP contribution in [0.1, 0.15) is 13.8 Å². The molecule has 3 nitrogen and oxygen atoms in total. The molecular formula is C13H18N2O. The van der Waals surface area contributed by atoms with Crippen molar-refractivity contribution in [2.75, 3.05) is 7.05 Å². The number of likely N-dealkylation sites (N-methyl/N-ethyl adjacent to an activating group) is 1. The molecular weight excluding hydrogens is 200 g/mol. The Bertz CT molecular complexity index is 404. The van der Waals surface area contributed by atoms with Crippen LogP contribution in [-0.4, -0.2) is 23.9 Å². The Labute approximate surface area is 96.3 Å². The van der Waals surface area contributed by atoms with Crippen molar-refractivity contribution in [1.29, 1.82) is 0 Å². The molecule has 0 aromatic carbocycles. The quantitative estimate of drug-likeness (QED) is 0.762. The third-order valence-electron chi connectivity index (χ3n) is 3.36. The highest BCUT2D eigenvalue weighted by molar-refractivity contribution is 5.95. The van der Waals surface area contributed by atoms with Crippen LogP contribution >= 0.6 is 0 Å². The van der Waals surface area contributed by atoms with Crippen LogP contribution in [0.5, 0.6) is 0 Å². The second kappa shape index (κ2) is 3.81. The topological polar surface area (TPSA) is 46.3 Å². The molecule has 1 heterocycles. The minimum atomic E-state index is -0.340. The van der Waals surface area contributed by atoms with E-state index in [1.54, 1.807) is 0 Å². The van der Waals surface area contributed by atoms with Gasteiger partial charge in [0.1, 0.15) is 0 Å². The van der Waals surface area contributed by atoms with Crippen LogP contribution < -0.4 is 5.73 Å². The molecule has 0 aromatic heterocycles. The minimum Gasteiger partial charge on any atom is -0.373 e. The molecule has 0 radical (unpaired) electrons. The fourth-order valence-electron chi connectivity index (χ4n) is 2.46. The SMILES string of the molecule is CC(C)C1=CN(C)C2C=CC(C(N)=O)=CC12. The van der Waals surface area contributed by atoms with Crippen molar-refractivity contribution in [3.8, 4) is 0 Å². The van der Waals surface area contributed by atoms with E-state index >= 15 is 0 Å². The number of primary amides is 1. The molecule has 86 valence electrons. The molecule has 2 aliphatic rings. The Morgan fingerprint density at radius 3 is 2.75 bits per heavy atom. The third kappa shape index (κ3) is 1.66. The summed E-state index contributed by atoms with van der Waals surface area (Å²) in [6, 6.07) is 0.348. The smallest absolute Gasteiger partial charge is 0.248 e. The van der Waals surface area contributed by atoms with E-state index in [9.17, 15) is 4.79 Å². The number of carbonyl (C=O) groups excluding carboxylic acids is 1. The van der Waals surface area contributed by atoms with Gasteiger partial charge in [-0.25, -0.2) is 0 Å². The van der Waals surface area contributed by atoms with E-state index in [1.807, 2.05) is 12.2 Å². The average molecular weight is 218 g/mol. The Balaban J connectivity index is 2.33. The van der Waals surface area contributed by atoms with Crippen molar-refractivity contribution in [3.63, 3.8) is 0 Å². The molecule has 0 saturated heterocycles. The van der Waals surface area contributed by atoms with Gasteiger partial charge in [0, 0.05) is 18.5 Å². The molecule has 0 saturated carbocycles. The summed E-state index contributed by atoms with van der Waals surface area (Å²) in [5, 5.41) is 0. The first-order valence-corrected chi connectivity index (χ1v) is 5.64. The van der Waals surface area contributed by atoms with E-state index in [0.29, 0.717) is 23.5 Å². The van der Waals surface area contributed by atoms with Crippen molar-refractivity contribution in [2.24, 2.45) is 17.6 Å². The lowest BCUT2D eigenvalue weighted by Gasteiger charge is -2.26. The van der Waals surface area contributed by atoms with Crippen LogP contribution in [-0.2, 0) is 4.79 Å². The van der Waals surface area contributed by atoms with Gasteiger partial charge < -0.3 is 10.6 Å². The highest BCUT2D eigenvalue weighted by atomic mass is 16.1. The molecule has 1 aliphatic heterocycles. The lowest BCUT2D eigenvalue weighted by molar-refractivity contribution is -0.114. The lowest BCUT2D eigenvalue weighted by Crippen LogP contribution is -2.30. The highest BCUT2D eigenvalue weighted by Gasteiger charge is 2.33. The number of rotatable bonds is 2. The first-order chi connectivity index (χ1) is 7.50. The molecule has 1 aliphatic carbocycles. The molecule has 1 amide bonds. The summed E-state index contributed by atoms with van der Waals surface area (Å²) < 4.78 is 0. The van der Waals surface area contributed by atoms with E-state index in [0.717, 1.165) is 0 Å². The Morgan fingerprint density at radius 2 is 2.19 bits per heavy atom. The van der Waals surface area contributed by atoms with Gasteiger partial charge in [0.2, 0.25) is 5.91 Å². The van der Waals surface area contributed by atoms with Gasteiger partial charge in [-0.05, 0) is 17.7 Å². The van der Waals surface area contributed by atoms with Crippen molar-refractivity contribution in [3.05, 3.63) is 35.6 Å². The molecule has 0 bridgehead atoms. The Hall–Kier alpha value is -1.51. The fourth-order valence-corrected chi connectivity index (χ4v) is 2.46. The summed E-state index contributed by atoms with van der Waals surface area (Å²) in [6.45, 7) is 4.36. The molecule has 16 heavy (non-hydrogen) atoms. The van der Waals surface area contributed by atoms with Crippen LogP contribution in [0.15, 0.2) is 35.6 Å². The van der Waals surface area contributed by atoms with Gasteiger partial charge >= 0.3 is 0 Å². The molecule has 2 unspecified atom stereocenters. The van der Waals surface area contributed by atoms with Crippen LogP contribution in [0, 0.1) is 11.8 Å². The molecule has 2 rings (SSSR count). The number of carbonyl (C=O) groups is 1. The first-order valence-electron chi connectivity index (χ1n) is 5.64. The van der Waals surface area contributed by atoms with Gasteiger partial charge in [0.15, 0.2) is 0 Å². The molecule has 0 aromatic rings. The zero-order valence-corrected chi connectivity index (χ0v) is 9.97. The maximum Gasteiger partial charge on any atom is 0.248 e. The van der Waals surface area contributed by atoms with Crippen molar-refractivity contribution < 1.29 is 4.79 Å². The monoisotopic (exact) mass is 218 g/mol. The third-order valence-corrected chi connectivity index (χ3v) is 3.36. The second-order valence-corrected chi connectivity index (χ2v) is 4.81. The molecule has 2 N–H and O–H groups in total. The maximum absolute atomic E-state index is 11.2.